The lowest BCUT2D eigenvalue weighted by Crippen LogP contribution is -2.55. The molecule has 2 aliphatic carbocycles. The van der Waals surface area contributed by atoms with E-state index in [-0.39, 0.29) is 12.5 Å². The molecule has 1 saturated carbocycles. The molecule has 4 nitrogen and oxygen atoms in total. The molecule has 0 radical (unpaired) electrons. The van der Waals surface area contributed by atoms with E-state index in [0.717, 1.165) is 25.7 Å². The van der Waals surface area contributed by atoms with Gasteiger partial charge in [0.05, 0.1) is 12.1 Å². The Labute approximate surface area is 166 Å². The SMILES string of the molecule is CC(CO)(NC(=O)OCC1c2ccccc2-c2ccccc21)C1CCCCC1. The van der Waals surface area contributed by atoms with E-state index in [4.69, 9.17) is 4.74 Å². The van der Waals surface area contributed by atoms with Crippen LogP contribution in [0.2, 0.25) is 0 Å². The average molecular weight is 380 g/mol. The molecule has 0 aliphatic heterocycles. The molecule has 2 aromatic carbocycles. The highest BCUT2D eigenvalue weighted by molar-refractivity contribution is 5.79. The molecule has 0 bridgehead atoms. The van der Waals surface area contributed by atoms with Crippen molar-refractivity contribution >= 4 is 6.09 Å². The summed E-state index contributed by atoms with van der Waals surface area (Å²) in [5, 5.41) is 12.9. The number of rotatable bonds is 5. The van der Waals surface area contributed by atoms with Crippen LogP contribution in [0.25, 0.3) is 11.1 Å². The molecular formula is C24H29NO3. The van der Waals surface area contributed by atoms with Crippen molar-refractivity contribution in [2.24, 2.45) is 5.92 Å². The Morgan fingerprint density at radius 1 is 1.04 bits per heavy atom. The van der Waals surface area contributed by atoms with Gasteiger partial charge in [0.25, 0.3) is 0 Å². The van der Waals surface area contributed by atoms with E-state index in [1.54, 1.807) is 0 Å². The second-order valence-electron chi connectivity index (χ2n) is 8.36. The van der Waals surface area contributed by atoms with Gasteiger partial charge in [-0.25, -0.2) is 4.79 Å². The second kappa shape index (κ2) is 7.96. The van der Waals surface area contributed by atoms with Gasteiger partial charge in [-0.2, -0.15) is 0 Å². The Balaban J connectivity index is 1.45. The molecule has 1 atom stereocenters. The molecular weight excluding hydrogens is 350 g/mol. The van der Waals surface area contributed by atoms with E-state index in [1.165, 1.54) is 28.7 Å². The van der Waals surface area contributed by atoms with Gasteiger partial charge in [0.1, 0.15) is 6.61 Å². The molecule has 0 saturated heterocycles. The van der Waals surface area contributed by atoms with E-state index >= 15 is 0 Å². The zero-order valence-corrected chi connectivity index (χ0v) is 16.5. The van der Waals surface area contributed by atoms with Crippen LogP contribution in [-0.4, -0.2) is 30.0 Å². The molecule has 0 heterocycles. The number of carbonyl (C=O) groups excluding carboxylic acids is 1. The lowest BCUT2D eigenvalue weighted by atomic mass is 9.76. The van der Waals surface area contributed by atoms with E-state index in [9.17, 15) is 9.90 Å². The molecule has 2 N–H and O–H groups in total. The van der Waals surface area contributed by atoms with Crippen LogP contribution in [-0.2, 0) is 4.74 Å². The number of alkyl carbamates (subject to hydrolysis) is 1. The Hall–Kier alpha value is -2.33. The first-order valence-corrected chi connectivity index (χ1v) is 10.4. The normalized spacial score (nSPS) is 18.8. The van der Waals surface area contributed by atoms with E-state index < -0.39 is 11.6 Å². The summed E-state index contributed by atoms with van der Waals surface area (Å²) in [5.74, 6) is 0.347. The van der Waals surface area contributed by atoms with Crippen molar-refractivity contribution in [2.75, 3.05) is 13.2 Å². The highest BCUT2D eigenvalue weighted by atomic mass is 16.5. The fraction of sp³-hybridized carbons (Fsp3) is 0.458. The fourth-order valence-corrected chi connectivity index (χ4v) is 4.88. The predicted molar refractivity (Wildman–Crippen MR) is 110 cm³/mol. The van der Waals surface area contributed by atoms with Crippen LogP contribution < -0.4 is 5.32 Å². The van der Waals surface area contributed by atoms with Crippen molar-refractivity contribution in [1.29, 1.82) is 0 Å². The summed E-state index contributed by atoms with van der Waals surface area (Å²) in [6.45, 7) is 2.16. The average Bonchev–Trinajstić information content (AvgIpc) is 3.06. The first-order chi connectivity index (χ1) is 13.6. The highest BCUT2D eigenvalue weighted by Gasteiger charge is 2.37. The molecule has 2 aliphatic rings. The molecule has 4 rings (SSSR count). The first-order valence-electron chi connectivity index (χ1n) is 10.4. The largest absolute Gasteiger partial charge is 0.449 e. The lowest BCUT2D eigenvalue weighted by Gasteiger charge is -2.38. The smallest absolute Gasteiger partial charge is 0.407 e. The first kappa shape index (κ1) is 19.0. The summed E-state index contributed by atoms with van der Waals surface area (Å²) in [4.78, 5) is 12.6. The number of hydrogen-bond donors (Lipinski definition) is 2. The van der Waals surface area contributed by atoms with Crippen molar-refractivity contribution in [2.45, 2.75) is 50.5 Å². The Morgan fingerprint density at radius 3 is 2.18 bits per heavy atom. The zero-order chi connectivity index (χ0) is 19.6. The van der Waals surface area contributed by atoms with Crippen LogP contribution in [0.5, 0.6) is 0 Å². The number of benzene rings is 2. The van der Waals surface area contributed by atoms with Crippen LogP contribution in [0.4, 0.5) is 4.79 Å². The zero-order valence-electron chi connectivity index (χ0n) is 16.5. The number of ether oxygens (including phenoxy) is 1. The summed E-state index contributed by atoms with van der Waals surface area (Å²) < 4.78 is 5.67. The summed E-state index contributed by atoms with van der Waals surface area (Å²) in [7, 11) is 0. The van der Waals surface area contributed by atoms with Crippen LogP contribution in [0.15, 0.2) is 48.5 Å². The quantitative estimate of drug-likeness (QED) is 0.780. The van der Waals surface area contributed by atoms with E-state index in [2.05, 4.69) is 29.6 Å². The fourth-order valence-electron chi connectivity index (χ4n) is 4.88. The Kier molecular flexibility index (Phi) is 5.40. The maximum atomic E-state index is 12.6. The van der Waals surface area contributed by atoms with Crippen LogP contribution in [0.1, 0.15) is 56.1 Å². The van der Waals surface area contributed by atoms with Gasteiger partial charge in [0.15, 0.2) is 0 Å². The number of aliphatic hydroxyl groups is 1. The van der Waals surface area contributed by atoms with Crippen LogP contribution in [0.3, 0.4) is 0 Å². The van der Waals surface area contributed by atoms with Crippen molar-refractivity contribution < 1.29 is 14.6 Å². The monoisotopic (exact) mass is 379 g/mol. The maximum Gasteiger partial charge on any atom is 0.407 e. The second-order valence-corrected chi connectivity index (χ2v) is 8.36. The number of fused-ring (bicyclic) bond motifs is 3. The Bertz CT molecular complexity index is 798. The number of hydrogen-bond acceptors (Lipinski definition) is 3. The molecule has 1 amide bonds. The standard InChI is InChI=1S/C24H29NO3/c1-24(16-26,17-9-3-2-4-10-17)25-23(27)28-15-22-20-13-7-5-11-18(20)19-12-6-8-14-21(19)22/h5-8,11-14,17,22,26H,2-4,9-10,15-16H2,1H3,(H,25,27). The van der Waals surface area contributed by atoms with Crippen molar-refractivity contribution in [1.82, 2.24) is 5.32 Å². The minimum absolute atomic E-state index is 0.0493. The predicted octanol–water partition coefficient (Wildman–Crippen LogP) is 4.86. The Morgan fingerprint density at radius 2 is 1.61 bits per heavy atom. The van der Waals surface area contributed by atoms with Gasteiger partial charge in [0, 0.05) is 5.92 Å². The molecule has 0 aromatic heterocycles. The number of aliphatic hydroxyl groups excluding tert-OH is 1. The topological polar surface area (TPSA) is 58.6 Å². The molecule has 1 fully saturated rings. The van der Waals surface area contributed by atoms with Gasteiger partial charge in [0.2, 0.25) is 0 Å². The van der Waals surface area contributed by atoms with Crippen molar-refractivity contribution in [3.8, 4) is 11.1 Å². The van der Waals surface area contributed by atoms with Crippen molar-refractivity contribution in [3.05, 3.63) is 59.7 Å². The van der Waals surface area contributed by atoms with Gasteiger partial charge in [-0.3, -0.25) is 0 Å². The summed E-state index contributed by atoms with van der Waals surface area (Å²) in [6.07, 6.45) is 5.20. The third-order valence-corrected chi connectivity index (χ3v) is 6.57. The molecule has 148 valence electrons. The summed E-state index contributed by atoms with van der Waals surface area (Å²) in [5.41, 5.74) is 4.22. The van der Waals surface area contributed by atoms with Crippen LogP contribution >= 0.6 is 0 Å². The van der Waals surface area contributed by atoms with Gasteiger partial charge in [-0.15, -0.1) is 0 Å². The maximum absolute atomic E-state index is 12.6. The third-order valence-electron chi connectivity index (χ3n) is 6.57. The third kappa shape index (κ3) is 3.53. The minimum atomic E-state index is -0.622. The molecule has 1 unspecified atom stereocenters. The van der Waals surface area contributed by atoms with Gasteiger partial charge < -0.3 is 15.2 Å². The van der Waals surface area contributed by atoms with E-state index in [0.29, 0.717) is 12.5 Å². The summed E-state index contributed by atoms with van der Waals surface area (Å²) >= 11 is 0. The summed E-state index contributed by atoms with van der Waals surface area (Å²) in [6, 6.07) is 16.6. The van der Waals surface area contributed by atoms with Gasteiger partial charge >= 0.3 is 6.09 Å². The van der Waals surface area contributed by atoms with E-state index in [1.807, 2.05) is 31.2 Å². The molecule has 0 spiro atoms. The molecule has 2 aromatic rings. The van der Waals surface area contributed by atoms with Crippen molar-refractivity contribution in [3.63, 3.8) is 0 Å². The number of nitrogens with one attached hydrogen (secondary N) is 1. The number of amides is 1. The highest BCUT2D eigenvalue weighted by Crippen LogP contribution is 2.44. The van der Waals surface area contributed by atoms with Crippen LogP contribution in [0, 0.1) is 5.92 Å². The molecule has 4 heteroatoms. The van der Waals surface area contributed by atoms with Gasteiger partial charge in [-0.05, 0) is 47.9 Å². The minimum Gasteiger partial charge on any atom is -0.449 e. The number of carbonyl (C=O) groups is 1. The van der Waals surface area contributed by atoms with Gasteiger partial charge in [-0.1, -0.05) is 67.8 Å². The molecule has 28 heavy (non-hydrogen) atoms. The lowest BCUT2D eigenvalue weighted by molar-refractivity contribution is 0.0760.